The molecule has 0 amide bonds. The Bertz CT molecular complexity index is 913. The zero-order valence-electron chi connectivity index (χ0n) is 15.6. The monoisotopic (exact) mass is 422 g/mol. The molecule has 0 radical (unpaired) electrons. The molecule has 1 N–H and O–H groups in total. The minimum absolute atomic E-state index is 0.0611. The quantitative estimate of drug-likeness (QED) is 0.264. The summed E-state index contributed by atoms with van der Waals surface area (Å²) in [6.45, 7) is 1.59. The number of aromatic nitrogens is 1. The SMILES string of the molecule is CCOC(=O)Cc1csc(NN=Cc2ccc(OCC(=O)OC)c([N+](=O)[O-])c2)n1. The van der Waals surface area contributed by atoms with Crippen LogP contribution in [-0.2, 0) is 25.5 Å². The number of nitrogens with zero attached hydrogens (tertiary/aromatic N) is 3. The van der Waals surface area contributed by atoms with Gasteiger partial charge in [-0.15, -0.1) is 11.3 Å². The molecule has 12 heteroatoms. The molecular weight excluding hydrogens is 404 g/mol. The summed E-state index contributed by atoms with van der Waals surface area (Å²) in [6, 6.07) is 4.16. The van der Waals surface area contributed by atoms with Gasteiger partial charge in [0, 0.05) is 17.0 Å². The summed E-state index contributed by atoms with van der Waals surface area (Å²) >= 11 is 1.25. The van der Waals surface area contributed by atoms with Gasteiger partial charge in [-0.1, -0.05) is 0 Å². The first-order valence-electron chi connectivity index (χ1n) is 8.30. The third-order valence-electron chi connectivity index (χ3n) is 3.31. The maximum absolute atomic E-state index is 11.4. The largest absolute Gasteiger partial charge is 0.475 e. The third-order valence-corrected chi connectivity index (χ3v) is 4.10. The second kappa shape index (κ2) is 10.7. The smallest absolute Gasteiger partial charge is 0.343 e. The topological polar surface area (TPSA) is 142 Å². The molecule has 1 aromatic heterocycles. The van der Waals surface area contributed by atoms with E-state index in [2.05, 4.69) is 20.2 Å². The van der Waals surface area contributed by atoms with Crippen molar-refractivity contribution in [2.45, 2.75) is 13.3 Å². The Morgan fingerprint density at radius 3 is 2.86 bits per heavy atom. The fraction of sp³-hybridized carbons (Fsp3) is 0.294. The normalized spacial score (nSPS) is 10.6. The van der Waals surface area contributed by atoms with E-state index >= 15 is 0 Å². The van der Waals surface area contributed by atoms with Crippen molar-refractivity contribution in [2.24, 2.45) is 5.10 Å². The van der Waals surface area contributed by atoms with Gasteiger partial charge in [-0.3, -0.25) is 20.3 Å². The van der Waals surface area contributed by atoms with Crippen LogP contribution >= 0.6 is 11.3 Å². The van der Waals surface area contributed by atoms with Gasteiger partial charge in [0.05, 0.1) is 37.0 Å². The van der Waals surface area contributed by atoms with Gasteiger partial charge in [0.25, 0.3) is 0 Å². The molecule has 154 valence electrons. The highest BCUT2D eigenvalue weighted by Crippen LogP contribution is 2.27. The van der Waals surface area contributed by atoms with Crippen molar-refractivity contribution in [3.8, 4) is 5.75 Å². The summed E-state index contributed by atoms with van der Waals surface area (Å²) in [5, 5.41) is 17.4. The van der Waals surface area contributed by atoms with Crippen LogP contribution in [0.2, 0.25) is 0 Å². The van der Waals surface area contributed by atoms with E-state index in [9.17, 15) is 19.7 Å². The van der Waals surface area contributed by atoms with E-state index in [1.807, 2.05) is 0 Å². The number of hydrazone groups is 1. The van der Waals surface area contributed by atoms with Gasteiger partial charge < -0.3 is 14.2 Å². The lowest BCUT2D eigenvalue weighted by molar-refractivity contribution is -0.385. The summed E-state index contributed by atoms with van der Waals surface area (Å²) in [4.78, 5) is 37.4. The van der Waals surface area contributed by atoms with Crippen LogP contribution in [0.25, 0.3) is 0 Å². The molecule has 0 aliphatic carbocycles. The molecule has 1 aromatic carbocycles. The van der Waals surface area contributed by atoms with Gasteiger partial charge in [0.15, 0.2) is 12.4 Å². The minimum atomic E-state index is -0.653. The zero-order chi connectivity index (χ0) is 21.2. The predicted octanol–water partition coefficient (Wildman–Crippen LogP) is 2.15. The molecular formula is C17H18N4O7S. The number of rotatable bonds is 10. The third kappa shape index (κ3) is 6.84. The van der Waals surface area contributed by atoms with Gasteiger partial charge >= 0.3 is 17.6 Å². The van der Waals surface area contributed by atoms with Crippen molar-refractivity contribution in [2.75, 3.05) is 25.7 Å². The Morgan fingerprint density at radius 2 is 2.17 bits per heavy atom. The maximum Gasteiger partial charge on any atom is 0.343 e. The number of methoxy groups -OCH3 is 1. The fourth-order valence-electron chi connectivity index (χ4n) is 2.04. The Hall–Kier alpha value is -3.54. The van der Waals surface area contributed by atoms with Crippen LogP contribution in [0.4, 0.5) is 10.8 Å². The zero-order valence-corrected chi connectivity index (χ0v) is 16.4. The molecule has 2 aromatic rings. The first-order valence-corrected chi connectivity index (χ1v) is 9.18. The van der Waals surface area contributed by atoms with Crippen molar-refractivity contribution in [1.29, 1.82) is 0 Å². The Balaban J connectivity index is 2.00. The van der Waals surface area contributed by atoms with Crippen LogP contribution in [0.15, 0.2) is 28.7 Å². The van der Waals surface area contributed by atoms with E-state index in [0.29, 0.717) is 23.0 Å². The van der Waals surface area contributed by atoms with Gasteiger partial charge in [-0.25, -0.2) is 9.78 Å². The van der Waals surface area contributed by atoms with E-state index < -0.39 is 17.5 Å². The number of benzene rings is 1. The Labute approximate surface area is 169 Å². The van der Waals surface area contributed by atoms with E-state index in [1.165, 1.54) is 36.8 Å². The Kier molecular flexibility index (Phi) is 8.03. The summed E-state index contributed by atoms with van der Waals surface area (Å²) in [7, 11) is 1.19. The summed E-state index contributed by atoms with van der Waals surface area (Å²) in [6.07, 6.45) is 1.43. The van der Waals surface area contributed by atoms with E-state index in [1.54, 1.807) is 18.4 Å². The van der Waals surface area contributed by atoms with Crippen LogP contribution in [0.5, 0.6) is 5.75 Å². The lowest BCUT2D eigenvalue weighted by Crippen LogP contribution is -2.13. The van der Waals surface area contributed by atoms with Crippen molar-refractivity contribution in [1.82, 2.24) is 4.98 Å². The maximum atomic E-state index is 11.4. The lowest BCUT2D eigenvalue weighted by Gasteiger charge is -2.06. The predicted molar refractivity (Wildman–Crippen MR) is 104 cm³/mol. The number of thiazole rings is 1. The van der Waals surface area contributed by atoms with E-state index in [4.69, 9.17) is 9.47 Å². The van der Waals surface area contributed by atoms with Gasteiger partial charge in [-0.2, -0.15) is 5.10 Å². The van der Waals surface area contributed by atoms with Crippen molar-refractivity contribution in [3.63, 3.8) is 0 Å². The number of ether oxygens (including phenoxy) is 3. The fourth-order valence-corrected chi connectivity index (χ4v) is 2.70. The first kappa shape index (κ1) is 21.8. The molecule has 0 fully saturated rings. The second-order valence-corrected chi connectivity index (χ2v) is 6.20. The van der Waals surface area contributed by atoms with Gasteiger partial charge in [0.1, 0.15) is 0 Å². The van der Waals surface area contributed by atoms with Crippen LogP contribution < -0.4 is 10.2 Å². The minimum Gasteiger partial charge on any atom is -0.475 e. The molecule has 1 heterocycles. The average Bonchev–Trinajstić information content (AvgIpc) is 3.13. The van der Waals surface area contributed by atoms with Crippen molar-refractivity contribution < 1.29 is 28.7 Å². The van der Waals surface area contributed by atoms with E-state index in [-0.39, 0.29) is 23.8 Å². The molecule has 0 unspecified atom stereocenters. The number of nitro benzene ring substituents is 1. The molecule has 0 atom stereocenters. The highest BCUT2D eigenvalue weighted by molar-refractivity contribution is 7.13. The number of hydrogen-bond donors (Lipinski definition) is 1. The van der Waals surface area contributed by atoms with Crippen molar-refractivity contribution >= 4 is 40.3 Å². The molecule has 0 spiro atoms. The summed E-state index contributed by atoms with van der Waals surface area (Å²) < 4.78 is 14.4. The number of nitro groups is 1. The lowest BCUT2D eigenvalue weighted by atomic mass is 10.2. The van der Waals surface area contributed by atoms with Crippen LogP contribution in [-0.4, -0.2) is 48.4 Å². The van der Waals surface area contributed by atoms with Crippen LogP contribution in [0, 0.1) is 10.1 Å². The second-order valence-electron chi connectivity index (χ2n) is 5.34. The number of nitrogens with one attached hydrogen (secondary N) is 1. The molecule has 0 saturated heterocycles. The van der Waals surface area contributed by atoms with Crippen molar-refractivity contribution in [3.05, 3.63) is 45.0 Å². The Morgan fingerprint density at radius 1 is 1.38 bits per heavy atom. The number of carbonyl (C=O) groups is 2. The van der Waals surface area contributed by atoms with Gasteiger partial charge in [0.2, 0.25) is 5.13 Å². The molecule has 0 saturated carbocycles. The summed E-state index contributed by atoms with van der Waals surface area (Å²) in [5.74, 6) is -1.08. The molecule has 0 bridgehead atoms. The highest BCUT2D eigenvalue weighted by Gasteiger charge is 2.17. The molecule has 0 aliphatic rings. The average molecular weight is 422 g/mol. The first-order chi connectivity index (χ1) is 13.9. The number of esters is 2. The van der Waals surface area contributed by atoms with Crippen LogP contribution in [0.3, 0.4) is 0 Å². The number of carbonyl (C=O) groups excluding carboxylic acids is 2. The highest BCUT2D eigenvalue weighted by atomic mass is 32.1. The molecule has 2 rings (SSSR count). The summed E-state index contributed by atoms with van der Waals surface area (Å²) in [5.41, 5.74) is 3.35. The molecule has 29 heavy (non-hydrogen) atoms. The van der Waals surface area contributed by atoms with Crippen LogP contribution in [0.1, 0.15) is 18.2 Å². The molecule has 11 nitrogen and oxygen atoms in total. The van der Waals surface area contributed by atoms with Gasteiger partial charge in [-0.05, 0) is 19.1 Å². The standard InChI is InChI=1S/C17H18N4O7S/c1-3-27-15(22)7-12-10-29-17(19-12)20-18-8-11-4-5-14(13(6-11)21(24)25)28-9-16(23)26-2/h4-6,8,10H,3,7,9H2,1-2H3,(H,19,20). The number of anilines is 1. The molecule has 0 aliphatic heterocycles. The van der Waals surface area contributed by atoms with E-state index in [0.717, 1.165) is 0 Å². The number of hydrogen-bond acceptors (Lipinski definition) is 11.